The molecule has 0 bridgehead atoms. The molecule has 0 radical (unpaired) electrons. The lowest BCUT2D eigenvalue weighted by atomic mass is 9.90. The van der Waals surface area contributed by atoms with Crippen molar-refractivity contribution in [1.82, 2.24) is 5.32 Å². The third-order valence-corrected chi connectivity index (χ3v) is 3.84. The van der Waals surface area contributed by atoms with Crippen LogP contribution in [0.4, 0.5) is 0 Å². The average molecular weight is 326 g/mol. The Morgan fingerprint density at radius 3 is 2.11 bits per heavy atom. The Morgan fingerprint density at radius 1 is 1.05 bits per heavy atom. The average Bonchev–Trinajstić information content (AvgIpc) is 2.29. The van der Waals surface area contributed by atoms with Gasteiger partial charge in [0.2, 0.25) is 0 Å². The van der Waals surface area contributed by atoms with Gasteiger partial charge in [0.1, 0.15) is 0 Å². The van der Waals surface area contributed by atoms with Crippen molar-refractivity contribution in [2.75, 3.05) is 6.54 Å². The molecule has 0 aliphatic rings. The van der Waals surface area contributed by atoms with Gasteiger partial charge in [-0.15, -0.1) is 0 Å². The van der Waals surface area contributed by atoms with Crippen molar-refractivity contribution in [3.05, 3.63) is 34.3 Å². The number of halogens is 1. The van der Waals surface area contributed by atoms with Crippen molar-refractivity contribution in [2.45, 2.75) is 58.9 Å². The summed E-state index contributed by atoms with van der Waals surface area (Å²) in [6, 6.07) is 8.79. The van der Waals surface area contributed by atoms with E-state index in [1.807, 2.05) is 0 Å². The Kier molecular flexibility index (Phi) is 6.55. The summed E-state index contributed by atoms with van der Waals surface area (Å²) in [5.74, 6) is 1.38. The smallest absolute Gasteiger partial charge is 0.0175 e. The first kappa shape index (κ1) is 16.7. The molecule has 0 aliphatic heterocycles. The molecule has 0 aromatic heterocycles. The van der Waals surface area contributed by atoms with Gasteiger partial charge in [0.05, 0.1) is 0 Å². The van der Waals surface area contributed by atoms with E-state index in [4.69, 9.17) is 0 Å². The maximum Gasteiger partial charge on any atom is 0.0175 e. The molecule has 1 atom stereocenters. The van der Waals surface area contributed by atoms with E-state index in [2.05, 4.69) is 80.1 Å². The molecule has 0 saturated carbocycles. The van der Waals surface area contributed by atoms with Gasteiger partial charge < -0.3 is 5.32 Å². The Hall–Kier alpha value is -0.340. The van der Waals surface area contributed by atoms with Gasteiger partial charge in [-0.3, -0.25) is 0 Å². The van der Waals surface area contributed by atoms with Crippen LogP contribution in [-0.4, -0.2) is 12.1 Å². The van der Waals surface area contributed by atoms with Crippen molar-refractivity contribution < 1.29 is 0 Å². The standard InChI is InChI=1S/C17H28BrN/c1-13(2)6-7-15(12-19-17(3,4)5)14-8-10-16(18)11-9-14/h8-11,13,15,19H,6-7,12H2,1-5H3. The van der Waals surface area contributed by atoms with Crippen molar-refractivity contribution in [3.8, 4) is 0 Å². The second-order valence-electron chi connectivity index (χ2n) is 6.85. The number of benzene rings is 1. The van der Waals surface area contributed by atoms with Crippen LogP contribution in [0.3, 0.4) is 0 Å². The van der Waals surface area contributed by atoms with Gasteiger partial charge in [-0.05, 0) is 56.7 Å². The summed E-state index contributed by atoms with van der Waals surface area (Å²) in [5, 5.41) is 3.65. The van der Waals surface area contributed by atoms with Crippen LogP contribution in [0.5, 0.6) is 0 Å². The zero-order valence-corrected chi connectivity index (χ0v) is 14.5. The van der Waals surface area contributed by atoms with E-state index in [1.165, 1.54) is 18.4 Å². The third kappa shape index (κ3) is 7.12. The van der Waals surface area contributed by atoms with Crippen LogP contribution in [0.1, 0.15) is 58.9 Å². The molecule has 1 aromatic rings. The normalized spacial score (nSPS) is 13.8. The quantitative estimate of drug-likeness (QED) is 0.742. The minimum Gasteiger partial charge on any atom is -0.311 e. The Labute approximate surface area is 127 Å². The number of nitrogens with one attached hydrogen (secondary N) is 1. The van der Waals surface area contributed by atoms with E-state index in [0.717, 1.165) is 16.9 Å². The third-order valence-electron chi connectivity index (χ3n) is 3.31. The van der Waals surface area contributed by atoms with E-state index in [1.54, 1.807) is 0 Å². The van der Waals surface area contributed by atoms with E-state index in [0.29, 0.717) is 5.92 Å². The summed E-state index contributed by atoms with van der Waals surface area (Å²) in [7, 11) is 0. The van der Waals surface area contributed by atoms with Crippen molar-refractivity contribution in [3.63, 3.8) is 0 Å². The van der Waals surface area contributed by atoms with Crippen molar-refractivity contribution in [2.24, 2.45) is 5.92 Å². The van der Waals surface area contributed by atoms with E-state index in [-0.39, 0.29) is 5.54 Å². The predicted octanol–water partition coefficient (Wildman–Crippen LogP) is 5.36. The summed E-state index contributed by atoms with van der Waals surface area (Å²) < 4.78 is 1.16. The summed E-state index contributed by atoms with van der Waals surface area (Å²) >= 11 is 3.51. The fourth-order valence-corrected chi connectivity index (χ4v) is 2.35. The molecule has 0 saturated heterocycles. The van der Waals surface area contributed by atoms with Crippen LogP contribution in [0.15, 0.2) is 28.7 Å². The highest BCUT2D eigenvalue weighted by molar-refractivity contribution is 9.10. The lowest BCUT2D eigenvalue weighted by Crippen LogP contribution is -2.38. The first-order valence-electron chi connectivity index (χ1n) is 7.28. The molecular formula is C17H28BrN. The topological polar surface area (TPSA) is 12.0 Å². The highest BCUT2D eigenvalue weighted by atomic mass is 79.9. The highest BCUT2D eigenvalue weighted by Gasteiger charge is 2.16. The maximum absolute atomic E-state index is 3.65. The van der Waals surface area contributed by atoms with Gasteiger partial charge in [0, 0.05) is 16.6 Å². The second kappa shape index (κ2) is 7.44. The van der Waals surface area contributed by atoms with Gasteiger partial charge in [0.15, 0.2) is 0 Å². The minimum atomic E-state index is 0.186. The Balaban J connectivity index is 2.70. The van der Waals surface area contributed by atoms with Gasteiger partial charge >= 0.3 is 0 Å². The number of hydrogen-bond donors (Lipinski definition) is 1. The summed E-state index contributed by atoms with van der Waals surface area (Å²) in [6.07, 6.45) is 2.54. The van der Waals surface area contributed by atoms with Crippen LogP contribution in [0.2, 0.25) is 0 Å². The molecule has 19 heavy (non-hydrogen) atoms. The second-order valence-corrected chi connectivity index (χ2v) is 7.77. The lowest BCUT2D eigenvalue weighted by Gasteiger charge is -2.26. The monoisotopic (exact) mass is 325 g/mol. The summed E-state index contributed by atoms with van der Waals surface area (Å²) in [4.78, 5) is 0. The van der Waals surface area contributed by atoms with Gasteiger partial charge in [-0.25, -0.2) is 0 Å². The Morgan fingerprint density at radius 2 is 1.63 bits per heavy atom. The first-order chi connectivity index (χ1) is 8.78. The van der Waals surface area contributed by atoms with Crippen LogP contribution < -0.4 is 5.32 Å². The molecule has 108 valence electrons. The highest BCUT2D eigenvalue weighted by Crippen LogP contribution is 2.25. The fraction of sp³-hybridized carbons (Fsp3) is 0.647. The van der Waals surface area contributed by atoms with Crippen LogP contribution >= 0.6 is 15.9 Å². The Bertz CT molecular complexity index is 362. The molecule has 0 heterocycles. The molecule has 1 rings (SSSR count). The van der Waals surface area contributed by atoms with Crippen molar-refractivity contribution >= 4 is 15.9 Å². The summed E-state index contributed by atoms with van der Waals surface area (Å²) in [6.45, 7) is 12.3. The van der Waals surface area contributed by atoms with Crippen molar-refractivity contribution in [1.29, 1.82) is 0 Å². The zero-order valence-electron chi connectivity index (χ0n) is 13.0. The molecule has 1 aromatic carbocycles. The van der Waals surface area contributed by atoms with Gasteiger partial charge in [-0.1, -0.05) is 48.3 Å². The maximum atomic E-state index is 3.65. The van der Waals surface area contributed by atoms with Crippen LogP contribution in [0, 0.1) is 5.92 Å². The fourth-order valence-electron chi connectivity index (χ4n) is 2.09. The lowest BCUT2D eigenvalue weighted by molar-refractivity contribution is 0.387. The molecule has 0 fully saturated rings. The molecule has 2 heteroatoms. The van der Waals surface area contributed by atoms with Crippen LogP contribution in [-0.2, 0) is 0 Å². The van der Waals surface area contributed by atoms with Crippen LogP contribution in [0.25, 0.3) is 0 Å². The van der Waals surface area contributed by atoms with E-state index in [9.17, 15) is 0 Å². The molecular weight excluding hydrogens is 298 g/mol. The molecule has 0 amide bonds. The van der Waals surface area contributed by atoms with Gasteiger partial charge in [0.25, 0.3) is 0 Å². The SMILES string of the molecule is CC(C)CCC(CNC(C)(C)C)c1ccc(Br)cc1. The molecule has 0 spiro atoms. The first-order valence-corrected chi connectivity index (χ1v) is 8.08. The molecule has 1 N–H and O–H groups in total. The minimum absolute atomic E-state index is 0.186. The predicted molar refractivity (Wildman–Crippen MR) is 88.7 cm³/mol. The molecule has 1 nitrogen and oxygen atoms in total. The van der Waals surface area contributed by atoms with E-state index < -0.39 is 0 Å². The molecule has 1 unspecified atom stereocenters. The summed E-state index contributed by atoms with van der Waals surface area (Å²) in [5.41, 5.74) is 1.63. The number of hydrogen-bond acceptors (Lipinski definition) is 1. The van der Waals surface area contributed by atoms with Gasteiger partial charge in [-0.2, -0.15) is 0 Å². The zero-order chi connectivity index (χ0) is 14.5. The van der Waals surface area contributed by atoms with E-state index >= 15 is 0 Å². The molecule has 0 aliphatic carbocycles. The largest absolute Gasteiger partial charge is 0.311 e. The number of rotatable bonds is 6.